The van der Waals surface area contributed by atoms with Crippen LogP contribution in [0.3, 0.4) is 0 Å². The summed E-state index contributed by atoms with van der Waals surface area (Å²) in [6.45, 7) is 0.686. The highest BCUT2D eigenvalue weighted by molar-refractivity contribution is 5.93. The Labute approximate surface area is 113 Å². The molecule has 1 rings (SSSR count). The number of amides is 2. The van der Waals surface area contributed by atoms with Gasteiger partial charge in [-0.15, -0.1) is 0 Å². The van der Waals surface area contributed by atoms with Gasteiger partial charge < -0.3 is 20.8 Å². The lowest BCUT2D eigenvalue weighted by molar-refractivity contribution is -0.385. The minimum absolute atomic E-state index is 0.167. The van der Waals surface area contributed by atoms with Crippen molar-refractivity contribution in [2.45, 2.75) is 13.0 Å². The van der Waals surface area contributed by atoms with Crippen LogP contribution in [0, 0.1) is 17.0 Å². The van der Waals surface area contributed by atoms with E-state index >= 15 is 0 Å². The van der Waals surface area contributed by atoms with Crippen molar-refractivity contribution in [2.75, 3.05) is 11.9 Å². The number of carbonyl (C=O) groups is 2. The Morgan fingerprint density at radius 3 is 2.60 bits per heavy atom. The lowest BCUT2D eigenvalue weighted by Crippen LogP contribution is -2.45. The van der Waals surface area contributed by atoms with Gasteiger partial charge in [0.1, 0.15) is 0 Å². The summed E-state index contributed by atoms with van der Waals surface area (Å²) in [7, 11) is 0. The molecule has 1 aromatic carbocycles. The maximum atomic E-state index is 11.6. The Balaban J connectivity index is 2.84. The van der Waals surface area contributed by atoms with Gasteiger partial charge in [0, 0.05) is 6.07 Å². The Morgan fingerprint density at radius 2 is 2.10 bits per heavy atom. The van der Waals surface area contributed by atoms with Crippen molar-refractivity contribution in [3.63, 3.8) is 0 Å². The number of nitro groups is 1. The molecule has 0 aliphatic rings. The fourth-order valence-electron chi connectivity index (χ4n) is 1.46. The second-order valence-electron chi connectivity index (χ2n) is 3.88. The van der Waals surface area contributed by atoms with E-state index in [0.717, 1.165) is 0 Å². The Bertz CT molecular complexity index is 545. The van der Waals surface area contributed by atoms with Crippen molar-refractivity contribution >= 4 is 23.4 Å². The number of anilines is 1. The molecule has 108 valence electrons. The molecule has 0 aliphatic carbocycles. The van der Waals surface area contributed by atoms with Crippen LogP contribution in [0.5, 0.6) is 0 Å². The summed E-state index contributed by atoms with van der Waals surface area (Å²) < 4.78 is 0. The molecule has 0 radical (unpaired) electrons. The number of benzene rings is 1. The summed E-state index contributed by atoms with van der Waals surface area (Å²) >= 11 is 0. The van der Waals surface area contributed by atoms with Crippen LogP contribution in [0.25, 0.3) is 0 Å². The van der Waals surface area contributed by atoms with Crippen LogP contribution >= 0.6 is 0 Å². The predicted molar refractivity (Wildman–Crippen MR) is 68.5 cm³/mol. The fourth-order valence-corrected chi connectivity index (χ4v) is 1.46. The maximum absolute atomic E-state index is 11.6. The number of hydrogen-bond acceptors (Lipinski definition) is 5. The fraction of sp³-hybridized carbons (Fsp3) is 0.273. The molecular weight excluding hydrogens is 270 g/mol. The first-order valence-corrected chi connectivity index (χ1v) is 5.52. The van der Waals surface area contributed by atoms with Gasteiger partial charge in [-0.1, -0.05) is 6.07 Å². The summed E-state index contributed by atoms with van der Waals surface area (Å²) in [5.74, 6) is -1.39. The molecule has 0 saturated heterocycles. The zero-order chi connectivity index (χ0) is 15.3. The monoisotopic (exact) mass is 283 g/mol. The third-order valence-electron chi connectivity index (χ3n) is 2.54. The number of carboxylic acid groups (broad SMARTS) is 1. The second-order valence-corrected chi connectivity index (χ2v) is 3.88. The second kappa shape index (κ2) is 6.48. The number of carbonyl (C=O) groups excluding carboxylic acids is 1. The van der Waals surface area contributed by atoms with Crippen LogP contribution in [0.15, 0.2) is 18.2 Å². The highest BCUT2D eigenvalue weighted by Gasteiger charge is 2.20. The lowest BCUT2D eigenvalue weighted by Gasteiger charge is -2.13. The van der Waals surface area contributed by atoms with Gasteiger partial charge in [-0.2, -0.15) is 0 Å². The summed E-state index contributed by atoms with van der Waals surface area (Å²) in [5, 5.41) is 32.5. The van der Waals surface area contributed by atoms with Crippen molar-refractivity contribution in [2.24, 2.45) is 0 Å². The summed E-state index contributed by atoms with van der Waals surface area (Å²) in [5.41, 5.74) is 0.252. The van der Waals surface area contributed by atoms with Gasteiger partial charge >= 0.3 is 12.0 Å². The molecule has 0 heterocycles. The lowest BCUT2D eigenvalue weighted by atomic mass is 10.1. The first kappa shape index (κ1) is 15.4. The van der Waals surface area contributed by atoms with Crippen molar-refractivity contribution in [1.82, 2.24) is 5.32 Å². The minimum Gasteiger partial charge on any atom is -0.480 e. The molecule has 0 aromatic heterocycles. The zero-order valence-electron chi connectivity index (χ0n) is 10.5. The van der Waals surface area contributed by atoms with Crippen LogP contribution in [0.2, 0.25) is 0 Å². The van der Waals surface area contributed by atoms with E-state index in [1.165, 1.54) is 25.1 Å². The number of nitrogens with one attached hydrogen (secondary N) is 2. The highest BCUT2D eigenvalue weighted by atomic mass is 16.6. The average Bonchev–Trinajstić information content (AvgIpc) is 2.37. The summed E-state index contributed by atoms with van der Waals surface area (Å²) in [6, 6.07) is 1.79. The van der Waals surface area contributed by atoms with Crippen molar-refractivity contribution in [3.05, 3.63) is 33.9 Å². The summed E-state index contributed by atoms with van der Waals surface area (Å²) in [6.07, 6.45) is 0. The molecule has 0 unspecified atom stereocenters. The van der Waals surface area contributed by atoms with Gasteiger partial charge in [-0.25, -0.2) is 9.59 Å². The number of aliphatic hydroxyl groups is 1. The molecule has 0 spiro atoms. The zero-order valence-corrected chi connectivity index (χ0v) is 10.5. The van der Waals surface area contributed by atoms with Crippen LogP contribution in [-0.4, -0.2) is 39.8 Å². The molecule has 9 nitrogen and oxygen atoms in total. The van der Waals surface area contributed by atoms with Gasteiger partial charge in [0.05, 0.1) is 22.8 Å². The number of hydrogen-bond donors (Lipinski definition) is 4. The molecule has 0 saturated carbocycles. The molecule has 1 atom stereocenters. The van der Waals surface area contributed by atoms with Gasteiger partial charge in [-0.05, 0) is 13.0 Å². The van der Waals surface area contributed by atoms with Gasteiger partial charge in [0.25, 0.3) is 5.69 Å². The smallest absolute Gasteiger partial charge is 0.328 e. The van der Waals surface area contributed by atoms with Gasteiger partial charge in [0.15, 0.2) is 6.04 Å². The van der Waals surface area contributed by atoms with E-state index in [2.05, 4.69) is 5.32 Å². The van der Waals surface area contributed by atoms with E-state index in [1.807, 2.05) is 5.32 Å². The third kappa shape index (κ3) is 3.65. The normalized spacial score (nSPS) is 11.5. The largest absolute Gasteiger partial charge is 0.480 e. The van der Waals surface area contributed by atoms with E-state index in [-0.39, 0.29) is 16.9 Å². The number of carboxylic acids is 1. The number of rotatable bonds is 5. The number of nitro benzene ring substituents is 1. The number of urea groups is 1. The maximum Gasteiger partial charge on any atom is 0.328 e. The topological polar surface area (TPSA) is 142 Å². The Morgan fingerprint density at radius 1 is 1.45 bits per heavy atom. The SMILES string of the molecule is Cc1c(NC(=O)N[C@@H](CO)C(=O)O)cccc1[N+](=O)[O-]. The summed E-state index contributed by atoms with van der Waals surface area (Å²) in [4.78, 5) is 32.3. The van der Waals surface area contributed by atoms with Gasteiger partial charge in [0.2, 0.25) is 0 Å². The standard InChI is InChI=1S/C11H13N3O6/c1-6-7(3-2-4-9(6)14(19)20)12-11(18)13-8(5-15)10(16)17/h2-4,8,15H,5H2,1H3,(H,16,17)(H2,12,13,18)/t8-/m0/s1. The van der Waals surface area contributed by atoms with E-state index in [9.17, 15) is 19.7 Å². The molecule has 0 fully saturated rings. The number of nitrogens with zero attached hydrogens (tertiary/aromatic N) is 1. The Hall–Kier alpha value is -2.68. The van der Waals surface area contributed by atoms with Crippen molar-refractivity contribution < 1.29 is 24.7 Å². The van der Waals surface area contributed by atoms with Crippen LogP contribution in [-0.2, 0) is 4.79 Å². The van der Waals surface area contributed by atoms with E-state index in [4.69, 9.17) is 10.2 Å². The molecular formula is C11H13N3O6. The van der Waals surface area contributed by atoms with Crippen LogP contribution < -0.4 is 10.6 Å². The quantitative estimate of drug-likeness (QED) is 0.457. The minimum atomic E-state index is -1.45. The number of aliphatic hydroxyl groups excluding tert-OH is 1. The highest BCUT2D eigenvalue weighted by Crippen LogP contribution is 2.24. The first-order chi connectivity index (χ1) is 9.36. The first-order valence-electron chi connectivity index (χ1n) is 5.52. The molecule has 20 heavy (non-hydrogen) atoms. The predicted octanol–water partition coefficient (Wildman–Crippen LogP) is 0.470. The Kier molecular flexibility index (Phi) is 4.98. The van der Waals surface area contributed by atoms with Crippen LogP contribution in [0.4, 0.5) is 16.2 Å². The third-order valence-corrected chi connectivity index (χ3v) is 2.54. The van der Waals surface area contributed by atoms with E-state index in [1.54, 1.807) is 0 Å². The average molecular weight is 283 g/mol. The molecule has 4 N–H and O–H groups in total. The molecule has 9 heteroatoms. The van der Waals surface area contributed by atoms with E-state index < -0.39 is 29.6 Å². The molecule has 2 amide bonds. The molecule has 1 aromatic rings. The van der Waals surface area contributed by atoms with Gasteiger partial charge in [-0.3, -0.25) is 10.1 Å². The van der Waals surface area contributed by atoms with Crippen molar-refractivity contribution in [1.29, 1.82) is 0 Å². The number of aliphatic carboxylic acids is 1. The molecule has 0 aliphatic heterocycles. The van der Waals surface area contributed by atoms with Crippen molar-refractivity contribution in [3.8, 4) is 0 Å². The molecule has 0 bridgehead atoms. The van der Waals surface area contributed by atoms with E-state index in [0.29, 0.717) is 0 Å². The van der Waals surface area contributed by atoms with Crippen LogP contribution in [0.1, 0.15) is 5.56 Å².